The summed E-state index contributed by atoms with van der Waals surface area (Å²) in [5.41, 5.74) is 1.65. The van der Waals surface area contributed by atoms with Crippen LogP contribution in [0.25, 0.3) is 10.8 Å². The summed E-state index contributed by atoms with van der Waals surface area (Å²) in [5.74, 6) is -1.03. The second kappa shape index (κ2) is 9.64. The normalized spacial score (nSPS) is 18.0. The molecule has 1 N–H and O–H groups in total. The lowest BCUT2D eigenvalue weighted by Crippen LogP contribution is -2.49. The van der Waals surface area contributed by atoms with Gasteiger partial charge in [0, 0.05) is 35.1 Å². The molecule has 1 saturated heterocycles. The van der Waals surface area contributed by atoms with Gasteiger partial charge in [0.2, 0.25) is 5.91 Å². The Morgan fingerprint density at radius 2 is 1.97 bits per heavy atom. The van der Waals surface area contributed by atoms with E-state index in [9.17, 15) is 22.8 Å². The molecule has 1 aromatic heterocycles. The molecule has 0 saturated carbocycles. The van der Waals surface area contributed by atoms with Crippen molar-refractivity contribution < 1.29 is 27.5 Å². The van der Waals surface area contributed by atoms with Gasteiger partial charge in [-0.2, -0.15) is 4.31 Å². The maximum absolute atomic E-state index is 13.4. The molecule has 2 amide bonds. The van der Waals surface area contributed by atoms with Gasteiger partial charge >= 0.3 is 5.97 Å². The molecule has 5 rings (SSSR count). The first-order valence-corrected chi connectivity index (χ1v) is 14.0. The first-order valence-electron chi connectivity index (χ1n) is 11.6. The average Bonchev–Trinajstić information content (AvgIpc) is 3.53. The van der Waals surface area contributed by atoms with Crippen LogP contribution >= 0.6 is 11.3 Å². The summed E-state index contributed by atoms with van der Waals surface area (Å²) in [5, 5.41) is 6.00. The predicted molar refractivity (Wildman–Crippen MR) is 137 cm³/mol. The van der Waals surface area contributed by atoms with Gasteiger partial charge < -0.3 is 15.0 Å². The van der Waals surface area contributed by atoms with Gasteiger partial charge in [-0.1, -0.05) is 24.6 Å². The zero-order chi connectivity index (χ0) is 25.4. The smallest absolute Gasteiger partial charge is 0.307 e. The molecular weight excluding hydrogens is 502 g/mol. The first-order chi connectivity index (χ1) is 17.3. The van der Waals surface area contributed by atoms with E-state index in [0.717, 1.165) is 17.8 Å². The van der Waals surface area contributed by atoms with Crippen LogP contribution in [0.4, 0.5) is 11.4 Å². The van der Waals surface area contributed by atoms with Gasteiger partial charge in [0.05, 0.1) is 19.2 Å². The standard InChI is InChI=1S/C25H25N3O6S2/c1-34-21(29)12-14-27-19-11-10-18(16-6-4-7-17(23(16)19)25(27)31)26-24(30)20-8-2-3-13-28(20)36(32,33)22-9-5-15-35-22/h4-7,9-11,15,20H,2-3,8,12-14H2,1H3,(H,26,30). The number of rotatable bonds is 7. The lowest BCUT2D eigenvalue weighted by Gasteiger charge is -2.33. The van der Waals surface area contributed by atoms with Crippen molar-refractivity contribution >= 4 is 61.3 Å². The highest BCUT2D eigenvalue weighted by Gasteiger charge is 2.38. The second-order valence-electron chi connectivity index (χ2n) is 8.69. The van der Waals surface area contributed by atoms with E-state index in [1.165, 1.54) is 16.3 Å². The summed E-state index contributed by atoms with van der Waals surface area (Å²) in [7, 11) is -2.48. The van der Waals surface area contributed by atoms with E-state index in [4.69, 9.17) is 4.74 Å². The largest absolute Gasteiger partial charge is 0.469 e. The summed E-state index contributed by atoms with van der Waals surface area (Å²) in [6.07, 6.45) is 1.94. The minimum Gasteiger partial charge on any atom is -0.469 e. The quantitative estimate of drug-likeness (QED) is 0.470. The van der Waals surface area contributed by atoms with Crippen LogP contribution < -0.4 is 10.2 Å². The third kappa shape index (κ3) is 4.16. The van der Waals surface area contributed by atoms with Crippen molar-refractivity contribution in [3.05, 3.63) is 53.4 Å². The van der Waals surface area contributed by atoms with Crippen LogP contribution in [0.3, 0.4) is 0 Å². The Labute approximate surface area is 212 Å². The number of thiophene rings is 1. The van der Waals surface area contributed by atoms with Crippen molar-refractivity contribution in [1.82, 2.24) is 4.31 Å². The van der Waals surface area contributed by atoms with E-state index in [1.807, 2.05) is 6.07 Å². The van der Waals surface area contributed by atoms with E-state index >= 15 is 0 Å². The van der Waals surface area contributed by atoms with Crippen LogP contribution in [0.15, 0.2) is 52.1 Å². The Hall–Kier alpha value is -3.28. The molecule has 1 atom stereocenters. The molecule has 1 fully saturated rings. The summed E-state index contributed by atoms with van der Waals surface area (Å²) in [6.45, 7) is 0.463. The number of amides is 2. The van der Waals surface area contributed by atoms with E-state index < -0.39 is 27.9 Å². The molecule has 0 bridgehead atoms. The minimum atomic E-state index is -3.78. The summed E-state index contributed by atoms with van der Waals surface area (Å²) < 4.78 is 32.6. The molecule has 0 spiro atoms. The van der Waals surface area contributed by atoms with Gasteiger partial charge in [-0.05, 0) is 42.5 Å². The van der Waals surface area contributed by atoms with Crippen LogP contribution in [-0.4, -0.2) is 56.7 Å². The number of esters is 1. The number of nitrogens with zero attached hydrogens (tertiary/aromatic N) is 2. The van der Waals surface area contributed by atoms with Gasteiger partial charge in [0.1, 0.15) is 10.3 Å². The number of sulfonamides is 1. The first kappa shape index (κ1) is 24.4. The SMILES string of the molecule is COC(=O)CCN1C(=O)c2cccc3c(NC(=O)C4CCCCN4S(=O)(=O)c4cccs4)ccc1c23. The zero-order valence-electron chi connectivity index (χ0n) is 19.6. The fraction of sp³-hybridized carbons (Fsp3) is 0.320. The number of benzene rings is 2. The van der Waals surface area contributed by atoms with Crippen LogP contribution in [-0.2, 0) is 24.3 Å². The molecule has 2 aromatic carbocycles. The highest BCUT2D eigenvalue weighted by Crippen LogP contribution is 2.41. The van der Waals surface area contributed by atoms with Crippen LogP contribution in [0.2, 0.25) is 0 Å². The number of hydrogen-bond acceptors (Lipinski definition) is 7. The Bertz CT molecular complexity index is 1450. The molecule has 3 heterocycles. The lowest BCUT2D eigenvalue weighted by atomic mass is 10.0. The molecule has 11 heteroatoms. The Morgan fingerprint density at radius 1 is 1.14 bits per heavy atom. The van der Waals surface area contributed by atoms with Gasteiger partial charge in [-0.3, -0.25) is 14.4 Å². The molecule has 2 aliphatic heterocycles. The van der Waals surface area contributed by atoms with Gasteiger partial charge in [-0.25, -0.2) is 8.42 Å². The van der Waals surface area contributed by atoms with E-state index in [1.54, 1.807) is 41.8 Å². The molecule has 9 nitrogen and oxygen atoms in total. The van der Waals surface area contributed by atoms with Gasteiger partial charge in [0.15, 0.2) is 0 Å². The molecule has 0 radical (unpaired) electrons. The summed E-state index contributed by atoms with van der Waals surface area (Å²) in [4.78, 5) is 39.6. The molecule has 0 aliphatic carbocycles. The molecule has 3 aromatic rings. The zero-order valence-corrected chi connectivity index (χ0v) is 21.2. The van der Waals surface area contributed by atoms with E-state index in [0.29, 0.717) is 40.6 Å². The highest BCUT2D eigenvalue weighted by molar-refractivity contribution is 7.91. The second-order valence-corrected chi connectivity index (χ2v) is 11.8. The highest BCUT2D eigenvalue weighted by atomic mass is 32.2. The Morgan fingerprint density at radius 3 is 2.72 bits per heavy atom. The maximum Gasteiger partial charge on any atom is 0.307 e. The third-order valence-electron chi connectivity index (χ3n) is 6.62. The summed E-state index contributed by atoms with van der Waals surface area (Å²) >= 11 is 1.13. The van der Waals surface area contributed by atoms with Gasteiger partial charge in [0.25, 0.3) is 15.9 Å². The predicted octanol–water partition coefficient (Wildman–Crippen LogP) is 3.61. The topological polar surface area (TPSA) is 113 Å². The fourth-order valence-corrected chi connectivity index (χ4v) is 7.65. The number of anilines is 2. The molecule has 2 aliphatic rings. The molecule has 1 unspecified atom stereocenters. The van der Waals surface area contributed by atoms with Crippen LogP contribution in [0.1, 0.15) is 36.0 Å². The van der Waals surface area contributed by atoms with E-state index in [2.05, 4.69) is 5.32 Å². The number of methoxy groups -OCH3 is 1. The maximum atomic E-state index is 13.4. The van der Waals surface area contributed by atoms with Crippen LogP contribution in [0.5, 0.6) is 0 Å². The molecular formula is C25H25N3O6S2. The third-order valence-corrected chi connectivity index (χ3v) is 9.91. The number of ether oxygens (including phenoxy) is 1. The number of carbonyl (C=O) groups excluding carboxylic acids is 3. The van der Waals surface area contributed by atoms with Crippen molar-refractivity contribution in [2.45, 2.75) is 35.9 Å². The molecule has 188 valence electrons. The number of hydrogen-bond donors (Lipinski definition) is 1. The van der Waals surface area contributed by atoms with Crippen molar-refractivity contribution in [1.29, 1.82) is 0 Å². The monoisotopic (exact) mass is 527 g/mol. The van der Waals surface area contributed by atoms with Crippen molar-refractivity contribution in [2.75, 3.05) is 30.4 Å². The minimum absolute atomic E-state index is 0.0619. The Balaban J connectivity index is 1.44. The number of piperidine rings is 1. The van der Waals surface area contributed by atoms with Gasteiger partial charge in [-0.15, -0.1) is 11.3 Å². The average molecular weight is 528 g/mol. The number of carbonyl (C=O) groups is 3. The summed E-state index contributed by atoms with van der Waals surface area (Å²) in [6, 6.07) is 11.1. The van der Waals surface area contributed by atoms with Crippen molar-refractivity contribution in [2.24, 2.45) is 0 Å². The van der Waals surface area contributed by atoms with Crippen molar-refractivity contribution in [3.8, 4) is 0 Å². The fourth-order valence-electron chi connectivity index (χ4n) is 4.88. The Kier molecular flexibility index (Phi) is 6.54. The van der Waals surface area contributed by atoms with E-state index in [-0.39, 0.29) is 29.6 Å². The lowest BCUT2D eigenvalue weighted by molar-refractivity contribution is -0.140. The van der Waals surface area contributed by atoms with Crippen molar-refractivity contribution in [3.63, 3.8) is 0 Å². The number of nitrogens with one attached hydrogen (secondary N) is 1. The van der Waals surface area contributed by atoms with Crippen LogP contribution in [0, 0.1) is 0 Å². The molecule has 36 heavy (non-hydrogen) atoms.